The van der Waals surface area contributed by atoms with Crippen LogP contribution in [0, 0.1) is 0 Å². The van der Waals surface area contributed by atoms with Crippen molar-refractivity contribution in [1.82, 2.24) is 10.2 Å². The maximum absolute atomic E-state index is 12.7. The van der Waals surface area contributed by atoms with E-state index in [-0.39, 0.29) is 30.4 Å². The molecule has 3 amide bonds. The summed E-state index contributed by atoms with van der Waals surface area (Å²) in [6.07, 6.45) is 1.29. The molecular weight excluding hydrogens is 406 g/mol. The molecule has 30 heavy (non-hydrogen) atoms. The lowest BCUT2D eigenvalue weighted by molar-refractivity contribution is -0.136. The highest BCUT2D eigenvalue weighted by Crippen LogP contribution is 2.29. The largest absolute Gasteiger partial charge is 0.398 e. The van der Waals surface area contributed by atoms with Gasteiger partial charge in [0.1, 0.15) is 6.04 Å². The highest BCUT2D eigenvalue weighted by Gasteiger charge is 2.39. The normalized spacial score (nSPS) is 18.4. The summed E-state index contributed by atoms with van der Waals surface area (Å²) in [7, 11) is 0. The number of rotatable bonds is 5. The second-order valence-electron chi connectivity index (χ2n) is 7.55. The number of ketones is 1. The minimum Gasteiger partial charge on any atom is -0.398 e. The molecule has 0 bridgehead atoms. The van der Waals surface area contributed by atoms with Crippen LogP contribution in [0.15, 0.2) is 36.4 Å². The predicted octanol–water partition coefficient (Wildman–Crippen LogP) is 2.50. The summed E-state index contributed by atoms with van der Waals surface area (Å²) >= 11 is 5.96. The van der Waals surface area contributed by atoms with Crippen molar-refractivity contribution in [3.8, 4) is 0 Å². The molecule has 0 spiro atoms. The van der Waals surface area contributed by atoms with Crippen molar-refractivity contribution in [1.29, 1.82) is 0 Å². The zero-order chi connectivity index (χ0) is 21.4. The van der Waals surface area contributed by atoms with Crippen LogP contribution in [0.25, 0.3) is 0 Å². The molecule has 8 heteroatoms. The molecule has 2 aliphatic rings. The van der Waals surface area contributed by atoms with E-state index >= 15 is 0 Å². The number of fused-ring (bicyclic) bond motifs is 1. The van der Waals surface area contributed by atoms with E-state index in [2.05, 4.69) is 5.32 Å². The van der Waals surface area contributed by atoms with Crippen LogP contribution in [0.5, 0.6) is 0 Å². The van der Waals surface area contributed by atoms with Crippen molar-refractivity contribution < 1.29 is 19.2 Å². The summed E-state index contributed by atoms with van der Waals surface area (Å²) in [6.45, 7) is 0.309. The number of halogens is 1. The summed E-state index contributed by atoms with van der Waals surface area (Å²) in [5, 5.41) is 2.75. The van der Waals surface area contributed by atoms with Gasteiger partial charge in [0.05, 0.1) is 0 Å². The minimum absolute atomic E-state index is 0.100. The fourth-order valence-corrected chi connectivity index (χ4v) is 4.12. The van der Waals surface area contributed by atoms with Gasteiger partial charge in [-0.1, -0.05) is 23.7 Å². The third kappa shape index (κ3) is 3.80. The molecule has 1 atom stereocenters. The quantitative estimate of drug-likeness (QED) is 0.434. The number of hydrogen-bond donors (Lipinski definition) is 2. The standard InChI is InChI=1S/C22H20ClN3O4/c23-14-3-5-17(24)16(10-14)19(27)7-2-12-1-4-15-13(9-12)11-26(22(15)30)18-6-8-20(28)25-21(18)29/h1,3-5,9-10,18H,2,6-8,11,24H2,(H,25,28,29). The van der Waals surface area contributed by atoms with Gasteiger partial charge in [0.15, 0.2) is 5.78 Å². The van der Waals surface area contributed by atoms with Crippen LogP contribution in [0.4, 0.5) is 5.69 Å². The summed E-state index contributed by atoms with van der Waals surface area (Å²) in [5.74, 6) is -1.06. The lowest BCUT2D eigenvalue weighted by atomic mass is 9.99. The molecule has 0 aromatic heterocycles. The van der Waals surface area contributed by atoms with Crippen LogP contribution in [-0.4, -0.2) is 34.4 Å². The van der Waals surface area contributed by atoms with Crippen LogP contribution in [-0.2, 0) is 22.6 Å². The monoisotopic (exact) mass is 425 g/mol. The second-order valence-corrected chi connectivity index (χ2v) is 7.98. The highest BCUT2D eigenvalue weighted by molar-refractivity contribution is 6.31. The second kappa shape index (κ2) is 7.91. The zero-order valence-corrected chi connectivity index (χ0v) is 16.9. The van der Waals surface area contributed by atoms with Gasteiger partial charge in [-0.3, -0.25) is 24.5 Å². The van der Waals surface area contributed by atoms with Crippen LogP contribution < -0.4 is 11.1 Å². The van der Waals surface area contributed by atoms with E-state index in [0.29, 0.717) is 41.2 Å². The Morgan fingerprint density at radius 3 is 2.73 bits per heavy atom. The Kier molecular flexibility index (Phi) is 5.30. The first-order chi connectivity index (χ1) is 14.3. The van der Waals surface area contributed by atoms with Gasteiger partial charge in [0.2, 0.25) is 11.8 Å². The molecule has 0 radical (unpaired) electrons. The SMILES string of the molecule is Nc1ccc(Cl)cc1C(=O)CCc1ccc2c(c1)CN(C1CCC(=O)NC1=O)C2=O. The number of benzene rings is 2. The number of nitrogens with two attached hydrogens (primary N) is 1. The summed E-state index contributed by atoms with van der Waals surface area (Å²) in [5.41, 5.74) is 8.96. The number of nitrogens with zero attached hydrogens (tertiary/aromatic N) is 1. The maximum Gasteiger partial charge on any atom is 0.255 e. The van der Waals surface area contributed by atoms with Gasteiger partial charge in [-0.25, -0.2) is 0 Å². The van der Waals surface area contributed by atoms with Gasteiger partial charge in [-0.15, -0.1) is 0 Å². The molecule has 0 aliphatic carbocycles. The van der Waals surface area contributed by atoms with E-state index in [9.17, 15) is 19.2 Å². The van der Waals surface area contributed by atoms with Gasteiger partial charge in [0, 0.05) is 41.2 Å². The Hall–Kier alpha value is -3.19. The average molecular weight is 426 g/mol. The number of imide groups is 1. The fraction of sp³-hybridized carbons (Fsp3) is 0.273. The van der Waals surface area contributed by atoms with Crippen molar-refractivity contribution in [3.63, 3.8) is 0 Å². The maximum atomic E-state index is 12.7. The molecule has 2 aromatic carbocycles. The Labute approximate surface area is 178 Å². The van der Waals surface area contributed by atoms with Gasteiger partial charge in [-0.05, 0) is 48.2 Å². The average Bonchev–Trinajstić information content (AvgIpc) is 3.03. The molecule has 0 saturated carbocycles. The molecule has 1 saturated heterocycles. The van der Waals surface area contributed by atoms with Crippen molar-refractivity contribution in [2.45, 2.75) is 38.3 Å². The Balaban J connectivity index is 1.45. The Morgan fingerprint density at radius 2 is 1.97 bits per heavy atom. The first-order valence-electron chi connectivity index (χ1n) is 9.68. The molecule has 154 valence electrons. The molecule has 2 aromatic rings. The van der Waals surface area contributed by atoms with Gasteiger partial charge in [-0.2, -0.15) is 0 Å². The number of anilines is 1. The van der Waals surface area contributed by atoms with E-state index in [0.717, 1.165) is 11.1 Å². The van der Waals surface area contributed by atoms with E-state index in [1.165, 1.54) is 4.90 Å². The fourth-order valence-electron chi connectivity index (χ4n) is 3.95. The molecule has 1 unspecified atom stereocenters. The van der Waals surface area contributed by atoms with Gasteiger partial charge in [0.25, 0.3) is 5.91 Å². The first kappa shape index (κ1) is 20.1. The predicted molar refractivity (Wildman–Crippen MR) is 111 cm³/mol. The molecule has 2 heterocycles. The summed E-state index contributed by atoms with van der Waals surface area (Å²) in [6, 6.07) is 9.63. The smallest absolute Gasteiger partial charge is 0.255 e. The number of hydrogen-bond acceptors (Lipinski definition) is 5. The number of carbonyl (C=O) groups is 4. The number of Topliss-reactive ketones (excluding diaryl/α,β-unsaturated/α-hetero) is 1. The number of amides is 3. The molecule has 1 fully saturated rings. The third-order valence-electron chi connectivity index (χ3n) is 5.54. The number of nitrogens with one attached hydrogen (secondary N) is 1. The van der Waals surface area contributed by atoms with Crippen LogP contribution >= 0.6 is 11.6 Å². The lowest BCUT2D eigenvalue weighted by Gasteiger charge is -2.29. The highest BCUT2D eigenvalue weighted by atomic mass is 35.5. The molecule has 7 nitrogen and oxygen atoms in total. The van der Waals surface area contributed by atoms with Gasteiger partial charge < -0.3 is 10.6 Å². The van der Waals surface area contributed by atoms with E-state index in [1.54, 1.807) is 24.3 Å². The van der Waals surface area contributed by atoms with E-state index in [1.807, 2.05) is 12.1 Å². The van der Waals surface area contributed by atoms with Crippen molar-refractivity contribution >= 4 is 40.8 Å². The van der Waals surface area contributed by atoms with Crippen molar-refractivity contribution in [2.24, 2.45) is 0 Å². The lowest BCUT2D eigenvalue weighted by Crippen LogP contribution is -2.52. The minimum atomic E-state index is -0.640. The molecular formula is C22H20ClN3O4. The first-order valence-corrected chi connectivity index (χ1v) is 10.1. The number of carbonyl (C=O) groups excluding carboxylic acids is 4. The topological polar surface area (TPSA) is 110 Å². The summed E-state index contributed by atoms with van der Waals surface area (Å²) < 4.78 is 0. The Bertz CT molecular complexity index is 1080. The van der Waals surface area contributed by atoms with Crippen molar-refractivity contribution in [3.05, 3.63) is 63.7 Å². The van der Waals surface area contributed by atoms with Gasteiger partial charge >= 0.3 is 0 Å². The molecule has 4 rings (SSSR count). The summed E-state index contributed by atoms with van der Waals surface area (Å²) in [4.78, 5) is 50.3. The van der Waals surface area contributed by atoms with Crippen molar-refractivity contribution in [2.75, 3.05) is 5.73 Å². The number of piperidine rings is 1. The van der Waals surface area contributed by atoms with Crippen LogP contribution in [0.1, 0.15) is 51.1 Å². The number of aryl methyl sites for hydroxylation is 1. The number of nitrogen functional groups attached to an aromatic ring is 1. The molecule has 2 aliphatic heterocycles. The van der Waals surface area contributed by atoms with Crippen LogP contribution in [0.2, 0.25) is 5.02 Å². The van der Waals surface area contributed by atoms with Crippen LogP contribution in [0.3, 0.4) is 0 Å². The molecule has 3 N–H and O–H groups in total. The zero-order valence-electron chi connectivity index (χ0n) is 16.1. The third-order valence-corrected chi connectivity index (χ3v) is 5.78. The Morgan fingerprint density at radius 1 is 1.17 bits per heavy atom. The van der Waals surface area contributed by atoms with E-state index < -0.39 is 11.9 Å². The van der Waals surface area contributed by atoms with E-state index in [4.69, 9.17) is 17.3 Å².